The average molecular weight is 296 g/mol. The van der Waals surface area contributed by atoms with E-state index in [2.05, 4.69) is 16.1 Å². The minimum atomic E-state index is -0.514. The zero-order valence-electron chi connectivity index (χ0n) is 12.4. The second-order valence-electron chi connectivity index (χ2n) is 4.63. The number of methoxy groups -OCH3 is 1. The Hall–Kier alpha value is -3.00. The number of carbonyl (C=O) groups is 1. The fourth-order valence-corrected chi connectivity index (χ4v) is 1.89. The number of amides is 1. The molecule has 112 valence electrons. The summed E-state index contributed by atoms with van der Waals surface area (Å²) < 4.78 is 10.4. The predicted molar refractivity (Wildman–Crippen MR) is 82.7 cm³/mol. The van der Waals surface area contributed by atoms with E-state index in [1.165, 1.54) is 7.11 Å². The monoisotopic (exact) mass is 296 g/mol. The van der Waals surface area contributed by atoms with Crippen LogP contribution in [0.3, 0.4) is 0 Å². The highest BCUT2D eigenvalue weighted by Gasteiger charge is 2.08. The van der Waals surface area contributed by atoms with Crippen molar-refractivity contribution in [2.24, 2.45) is 0 Å². The number of nitrogens with zero attached hydrogens (tertiary/aromatic N) is 1. The van der Waals surface area contributed by atoms with Gasteiger partial charge in [-0.3, -0.25) is 5.32 Å². The zero-order valence-corrected chi connectivity index (χ0v) is 12.4. The highest BCUT2D eigenvalue weighted by atomic mass is 16.5. The van der Waals surface area contributed by atoms with E-state index in [0.29, 0.717) is 17.0 Å². The van der Waals surface area contributed by atoms with E-state index in [1.807, 2.05) is 19.1 Å². The molecule has 5 heteroatoms. The summed E-state index contributed by atoms with van der Waals surface area (Å²) in [6.45, 7) is 1.93. The number of hydrogen-bond donors (Lipinski definition) is 1. The van der Waals surface area contributed by atoms with Gasteiger partial charge in [-0.15, -0.1) is 0 Å². The van der Waals surface area contributed by atoms with Crippen LogP contribution >= 0.6 is 0 Å². The maximum atomic E-state index is 11.1. The molecule has 2 rings (SSSR count). The molecule has 1 unspecified atom stereocenters. The molecule has 0 radical (unpaired) electrons. The summed E-state index contributed by atoms with van der Waals surface area (Å²) in [6.07, 6.45) is -0.660. The van der Waals surface area contributed by atoms with Crippen molar-refractivity contribution >= 4 is 11.8 Å². The normalized spacial score (nSPS) is 11.1. The molecule has 0 fully saturated rings. The maximum Gasteiger partial charge on any atom is 0.411 e. The molecule has 5 nitrogen and oxygen atoms in total. The van der Waals surface area contributed by atoms with E-state index in [1.54, 1.807) is 36.4 Å². The first-order valence-electron chi connectivity index (χ1n) is 6.74. The van der Waals surface area contributed by atoms with Gasteiger partial charge in [0.25, 0.3) is 0 Å². The Morgan fingerprint density at radius 3 is 2.32 bits per heavy atom. The second-order valence-corrected chi connectivity index (χ2v) is 4.63. The lowest BCUT2D eigenvalue weighted by molar-refractivity contribution is 0.187. The smallest absolute Gasteiger partial charge is 0.411 e. The molecule has 1 N–H and O–H groups in total. The van der Waals surface area contributed by atoms with Crippen LogP contribution in [0.4, 0.5) is 10.5 Å². The van der Waals surface area contributed by atoms with Gasteiger partial charge in [-0.2, -0.15) is 5.26 Å². The van der Waals surface area contributed by atoms with Gasteiger partial charge in [-0.05, 0) is 48.9 Å². The molecule has 0 aliphatic rings. The van der Waals surface area contributed by atoms with Crippen LogP contribution in [0.15, 0.2) is 48.5 Å². The standard InChI is InChI=1S/C17H16N2O3/c1-12(14-5-3-13(11-18)4-6-14)22-16-9-7-15(8-10-16)19-17(20)21-2/h3-10,12H,1-2H3,(H,19,20). The third kappa shape index (κ3) is 4.00. The Morgan fingerprint density at radius 1 is 1.14 bits per heavy atom. The maximum absolute atomic E-state index is 11.1. The van der Waals surface area contributed by atoms with Crippen LogP contribution in [-0.2, 0) is 4.74 Å². The van der Waals surface area contributed by atoms with Crippen molar-refractivity contribution in [1.82, 2.24) is 0 Å². The Kier molecular flexibility index (Phi) is 4.99. The van der Waals surface area contributed by atoms with Crippen LogP contribution in [0.5, 0.6) is 5.75 Å². The van der Waals surface area contributed by atoms with Crippen LogP contribution in [-0.4, -0.2) is 13.2 Å². The van der Waals surface area contributed by atoms with Crippen molar-refractivity contribution in [3.63, 3.8) is 0 Å². The minimum absolute atomic E-state index is 0.146. The highest BCUT2D eigenvalue weighted by Crippen LogP contribution is 2.23. The van der Waals surface area contributed by atoms with Crippen LogP contribution < -0.4 is 10.1 Å². The Bertz CT molecular complexity index is 673. The van der Waals surface area contributed by atoms with Gasteiger partial charge in [0.2, 0.25) is 0 Å². The lowest BCUT2D eigenvalue weighted by atomic mass is 10.1. The molecule has 2 aromatic rings. The Morgan fingerprint density at radius 2 is 1.77 bits per heavy atom. The van der Waals surface area contributed by atoms with E-state index in [4.69, 9.17) is 10.00 Å². The molecule has 0 bridgehead atoms. The molecule has 22 heavy (non-hydrogen) atoms. The largest absolute Gasteiger partial charge is 0.486 e. The van der Waals surface area contributed by atoms with E-state index < -0.39 is 6.09 Å². The lowest BCUT2D eigenvalue weighted by Crippen LogP contribution is -2.10. The first-order valence-corrected chi connectivity index (χ1v) is 6.74. The minimum Gasteiger partial charge on any atom is -0.486 e. The van der Waals surface area contributed by atoms with Crippen LogP contribution in [0.25, 0.3) is 0 Å². The molecule has 0 spiro atoms. The third-order valence-corrected chi connectivity index (χ3v) is 3.11. The molecule has 0 aliphatic carbocycles. The number of nitrogens with one attached hydrogen (secondary N) is 1. The van der Waals surface area contributed by atoms with E-state index in [-0.39, 0.29) is 6.10 Å². The van der Waals surface area contributed by atoms with Crippen LogP contribution in [0.1, 0.15) is 24.2 Å². The van der Waals surface area contributed by atoms with Gasteiger partial charge >= 0.3 is 6.09 Å². The van der Waals surface area contributed by atoms with Crippen molar-refractivity contribution in [3.05, 3.63) is 59.7 Å². The number of ether oxygens (including phenoxy) is 2. The van der Waals surface area contributed by atoms with Crippen molar-refractivity contribution in [2.45, 2.75) is 13.0 Å². The molecule has 1 amide bonds. The number of carbonyl (C=O) groups excluding carboxylic acids is 1. The molecular weight excluding hydrogens is 280 g/mol. The number of rotatable bonds is 4. The summed E-state index contributed by atoms with van der Waals surface area (Å²) in [4.78, 5) is 11.1. The second kappa shape index (κ2) is 7.14. The summed E-state index contributed by atoms with van der Waals surface area (Å²) in [6, 6.07) is 16.4. The molecule has 0 aromatic heterocycles. The summed E-state index contributed by atoms with van der Waals surface area (Å²) in [5.74, 6) is 0.687. The van der Waals surface area contributed by atoms with Crippen LogP contribution in [0.2, 0.25) is 0 Å². The summed E-state index contributed by atoms with van der Waals surface area (Å²) >= 11 is 0. The third-order valence-electron chi connectivity index (χ3n) is 3.11. The molecule has 0 saturated heterocycles. The summed E-state index contributed by atoms with van der Waals surface area (Å²) in [5.41, 5.74) is 2.23. The fourth-order valence-electron chi connectivity index (χ4n) is 1.89. The summed E-state index contributed by atoms with van der Waals surface area (Å²) in [5, 5.41) is 11.4. The first kappa shape index (κ1) is 15.4. The van der Waals surface area contributed by atoms with E-state index in [0.717, 1.165) is 5.56 Å². The Labute approximate surface area is 129 Å². The molecular formula is C17H16N2O3. The first-order chi connectivity index (χ1) is 10.6. The van der Waals surface area contributed by atoms with Crippen molar-refractivity contribution in [1.29, 1.82) is 5.26 Å². The summed E-state index contributed by atoms with van der Waals surface area (Å²) in [7, 11) is 1.31. The van der Waals surface area contributed by atoms with Gasteiger partial charge in [-0.1, -0.05) is 12.1 Å². The van der Waals surface area contributed by atoms with Gasteiger partial charge in [0.1, 0.15) is 11.9 Å². The van der Waals surface area contributed by atoms with Crippen molar-refractivity contribution < 1.29 is 14.3 Å². The topological polar surface area (TPSA) is 71.3 Å². The van der Waals surface area contributed by atoms with Gasteiger partial charge < -0.3 is 9.47 Å². The fraction of sp³-hybridized carbons (Fsp3) is 0.176. The van der Waals surface area contributed by atoms with Gasteiger partial charge in [0.05, 0.1) is 18.7 Å². The molecule has 2 aromatic carbocycles. The number of benzene rings is 2. The van der Waals surface area contributed by atoms with Crippen LogP contribution in [0, 0.1) is 11.3 Å². The molecule has 0 saturated carbocycles. The molecule has 0 heterocycles. The van der Waals surface area contributed by atoms with Gasteiger partial charge in [0, 0.05) is 5.69 Å². The number of anilines is 1. The zero-order chi connectivity index (χ0) is 15.9. The van der Waals surface area contributed by atoms with Crippen molar-refractivity contribution in [3.8, 4) is 11.8 Å². The average Bonchev–Trinajstić information content (AvgIpc) is 2.56. The predicted octanol–water partition coefficient (Wildman–Crippen LogP) is 3.88. The molecule has 1 atom stereocenters. The Balaban J connectivity index is 2.00. The van der Waals surface area contributed by atoms with Crippen molar-refractivity contribution in [2.75, 3.05) is 12.4 Å². The lowest BCUT2D eigenvalue weighted by Gasteiger charge is -2.15. The van der Waals surface area contributed by atoms with E-state index >= 15 is 0 Å². The van der Waals surface area contributed by atoms with Gasteiger partial charge in [0.15, 0.2) is 0 Å². The number of hydrogen-bond acceptors (Lipinski definition) is 4. The highest BCUT2D eigenvalue weighted by molar-refractivity contribution is 5.84. The SMILES string of the molecule is COC(=O)Nc1ccc(OC(C)c2ccc(C#N)cc2)cc1. The quantitative estimate of drug-likeness (QED) is 0.929. The molecule has 0 aliphatic heterocycles. The van der Waals surface area contributed by atoms with E-state index in [9.17, 15) is 4.79 Å². The number of nitriles is 1. The van der Waals surface area contributed by atoms with Gasteiger partial charge in [-0.25, -0.2) is 4.79 Å².